The minimum absolute atomic E-state index is 0.148. The summed E-state index contributed by atoms with van der Waals surface area (Å²) < 4.78 is 4.60. The zero-order valence-corrected chi connectivity index (χ0v) is 14.3. The molecule has 0 aromatic heterocycles. The van der Waals surface area contributed by atoms with E-state index in [4.69, 9.17) is 11.6 Å². The van der Waals surface area contributed by atoms with Crippen molar-refractivity contribution in [1.29, 1.82) is 0 Å². The fourth-order valence-corrected chi connectivity index (χ4v) is 2.17. The van der Waals surface area contributed by atoms with Crippen LogP contribution in [0.25, 0.3) is 0 Å². The molecule has 0 aliphatic heterocycles. The summed E-state index contributed by atoms with van der Waals surface area (Å²) in [7, 11) is 1.30. The Hall–Kier alpha value is -2.86. The topological polar surface area (TPSA) is 84.5 Å². The lowest BCUT2D eigenvalue weighted by molar-refractivity contribution is -0.123. The number of rotatable bonds is 6. The lowest BCUT2D eigenvalue weighted by atomic mass is 10.1. The van der Waals surface area contributed by atoms with Gasteiger partial charge in [0.05, 0.1) is 25.6 Å². The Bertz CT molecular complexity index is 758. The van der Waals surface area contributed by atoms with Gasteiger partial charge < -0.3 is 15.4 Å². The number of anilines is 1. The second kappa shape index (κ2) is 8.84. The second-order valence-electron chi connectivity index (χ2n) is 5.20. The highest BCUT2D eigenvalue weighted by atomic mass is 35.5. The van der Waals surface area contributed by atoms with Crippen LogP contribution in [0, 0.1) is 0 Å². The predicted molar refractivity (Wildman–Crippen MR) is 94.6 cm³/mol. The number of hydrogen-bond acceptors (Lipinski definition) is 4. The van der Waals surface area contributed by atoms with Gasteiger partial charge in [-0.05, 0) is 42.0 Å². The maximum Gasteiger partial charge on any atom is 0.337 e. The van der Waals surface area contributed by atoms with Gasteiger partial charge in [-0.1, -0.05) is 23.7 Å². The molecule has 2 aromatic carbocycles. The Labute approximate surface area is 150 Å². The van der Waals surface area contributed by atoms with Crippen molar-refractivity contribution in [1.82, 2.24) is 5.32 Å². The Morgan fingerprint density at radius 1 is 0.960 bits per heavy atom. The number of esters is 1. The van der Waals surface area contributed by atoms with Gasteiger partial charge in [-0.15, -0.1) is 0 Å². The number of carbonyl (C=O) groups is 3. The average Bonchev–Trinajstić information content (AvgIpc) is 2.62. The number of methoxy groups -OCH3 is 1. The summed E-state index contributed by atoms with van der Waals surface area (Å²) in [5.41, 5.74) is 1.71. The van der Waals surface area contributed by atoms with Gasteiger partial charge in [0.15, 0.2) is 0 Å². The molecule has 0 saturated carbocycles. The summed E-state index contributed by atoms with van der Waals surface area (Å²) in [6.45, 7) is -0.148. The summed E-state index contributed by atoms with van der Waals surface area (Å²) in [5.74, 6) is -1.08. The van der Waals surface area contributed by atoms with Crippen LogP contribution in [0.5, 0.6) is 0 Å². The number of benzene rings is 2. The number of hydrogen-bond donors (Lipinski definition) is 2. The quantitative estimate of drug-likeness (QED) is 0.775. The molecule has 0 radical (unpaired) electrons. The van der Waals surface area contributed by atoms with Gasteiger partial charge in [0.2, 0.25) is 11.8 Å². The highest BCUT2D eigenvalue weighted by Gasteiger charge is 2.08. The molecule has 0 aliphatic rings. The first-order chi connectivity index (χ1) is 12.0. The van der Waals surface area contributed by atoms with E-state index in [9.17, 15) is 14.4 Å². The minimum Gasteiger partial charge on any atom is -0.465 e. The largest absolute Gasteiger partial charge is 0.465 e. The molecule has 2 rings (SSSR count). The standard InChI is InChI=1S/C18H17ClN2O4/c1-25-18(24)13-4-8-15(9-5-13)21-17(23)11-20-16(22)10-12-2-6-14(19)7-3-12/h2-9H,10-11H2,1H3,(H,20,22)(H,21,23). The molecule has 2 aromatic rings. The Morgan fingerprint density at radius 3 is 2.20 bits per heavy atom. The number of ether oxygens (including phenoxy) is 1. The van der Waals surface area contributed by atoms with E-state index in [2.05, 4.69) is 15.4 Å². The van der Waals surface area contributed by atoms with Crippen molar-refractivity contribution in [2.75, 3.05) is 19.0 Å². The van der Waals surface area contributed by atoms with E-state index in [1.54, 1.807) is 48.5 Å². The highest BCUT2D eigenvalue weighted by molar-refractivity contribution is 6.30. The predicted octanol–water partition coefficient (Wildman–Crippen LogP) is 2.42. The van der Waals surface area contributed by atoms with Crippen LogP contribution in [0.2, 0.25) is 5.02 Å². The zero-order valence-electron chi connectivity index (χ0n) is 13.5. The monoisotopic (exact) mass is 360 g/mol. The molecule has 0 spiro atoms. The molecule has 25 heavy (non-hydrogen) atoms. The fraction of sp³-hybridized carbons (Fsp3) is 0.167. The van der Waals surface area contributed by atoms with Gasteiger partial charge >= 0.3 is 5.97 Å². The van der Waals surface area contributed by atoms with Crippen LogP contribution in [0.3, 0.4) is 0 Å². The van der Waals surface area contributed by atoms with E-state index in [1.807, 2.05) is 0 Å². The van der Waals surface area contributed by atoms with Crippen LogP contribution in [0.4, 0.5) is 5.69 Å². The van der Waals surface area contributed by atoms with E-state index < -0.39 is 5.97 Å². The van der Waals surface area contributed by atoms with Gasteiger partial charge in [0.1, 0.15) is 0 Å². The van der Waals surface area contributed by atoms with Crippen LogP contribution in [-0.2, 0) is 20.7 Å². The van der Waals surface area contributed by atoms with Crippen molar-refractivity contribution in [3.05, 3.63) is 64.7 Å². The van der Waals surface area contributed by atoms with Crippen LogP contribution >= 0.6 is 11.6 Å². The van der Waals surface area contributed by atoms with Gasteiger partial charge in [0.25, 0.3) is 0 Å². The smallest absolute Gasteiger partial charge is 0.337 e. The Kier molecular flexibility index (Phi) is 6.54. The van der Waals surface area contributed by atoms with Gasteiger partial charge in [-0.2, -0.15) is 0 Å². The maximum absolute atomic E-state index is 11.9. The number of carbonyl (C=O) groups excluding carboxylic acids is 3. The Balaban J connectivity index is 1.79. The maximum atomic E-state index is 11.9. The van der Waals surface area contributed by atoms with Crippen molar-refractivity contribution >= 4 is 35.1 Å². The fourth-order valence-electron chi connectivity index (χ4n) is 2.04. The second-order valence-corrected chi connectivity index (χ2v) is 5.63. The number of nitrogens with one attached hydrogen (secondary N) is 2. The first kappa shape index (κ1) is 18.5. The zero-order chi connectivity index (χ0) is 18.2. The molecule has 6 nitrogen and oxygen atoms in total. The SMILES string of the molecule is COC(=O)c1ccc(NC(=O)CNC(=O)Cc2ccc(Cl)cc2)cc1. The van der Waals surface area contributed by atoms with Crippen LogP contribution in [0.15, 0.2) is 48.5 Å². The molecule has 0 unspecified atom stereocenters. The van der Waals surface area contributed by atoms with Crippen LogP contribution < -0.4 is 10.6 Å². The Morgan fingerprint density at radius 2 is 1.60 bits per heavy atom. The van der Waals surface area contributed by atoms with E-state index in [0.717, 1.165) is 5.56 Å². The van der Waals surface area contributed by atoms with Crippen molar-refractivity contribution < 1.29 is 19.1 Å². The van der Waals surface area contributed by atoms with Crippen LogP contribution in [-0.4, -0.2) is 31.4 Å². The summed E-state index contributed by atoms with van der Waals surface area (Å²) in [6.07, 6.45) is 0.165. The molecule has 0 fully saturated rings. The van der Waals surface area contributed by atoms with E-state index in [0.29, 0.717) is 16.3 Å². The van der Waals surface area contributed by atoms with Crippen molar-refractivity contribution in [3.8, 4) is 0 Å². The third-order valence-electron chi connectivity index (χ3n) is 3.31. The molecule has 2 amide bonds. The molecule has 0 saturated heterocycles. The van der Waals surface area contributed by atoms with Crippen molar-refractivity contribution in [2.24, 2.45) is 0 Å². The van der Waals surface area contributed by atoms with Gasteiger partial charge in [-0.25, -0.2) is 4.79 Å². The summed E-state index contributed by atoms with van der Waals surface area (Å²) >= 11 is 5.78. The lowest BCUT2D eigenvalue weighted by Crippen LogP contribution is -2.33. The van der Waals surface area contributed by atoms with E-state index in [1.165, 1.54) is 7.11 Å². The molecule has 0 bridgehead atoms. The third-order valence-corrected chi connectivity index (χ3v) is 3.57. The number of halogens is 1. The van der Waals surface area contributed by atoms with E-state index in [-0.39, 0.29) is 24.8 Å². The summed E-state index contributed by atoms with van der Waals surface area (Å²) in [5, 5.41) is 5.77. The number of amides is 2. The molecule has 130 valence electrons. The normalized spacial score (nSPS) is 10.0. The molecular weight excluding hydrogens is 344 g/mol. The first-order valence-electron chi connectivity index (χ1n) is 7.47. The van der Waals surface area contributed by atoms with Crippen molar-refractivity contribution in [2.45, 2.75) is 6.42 Å². The molecule has 0 aliphatic carbocycles. The van der Waals surface area contributed by atoms with Crippen molar-refractivity contribution in [3.63, 3.8) is 0 Å². The lowest BCUT2D eigenvalue weighted by Gasteiger charge is -2.08. The molecule has 7 heteroatoms. The van der Waals surface area contributed by atoms with Crippen LogP contribution in [0.1, 0.15) is 15.9 Å². The van der Waals surface area contributed by atoms with Gasteiger partial charge in [0, 0.05) is 10.7 Å². The molecule has 0 heterocycles. The summed E-state index contributed by atoms with van der Waals surface area (Å²) in [6, 6.07) is 13.2. The van der Waals surface area contributed by atoms with Gasteiger partial charge in [-0.3, -0.25) is 9.59 Å². The van der Waals surface area contributed by atoms with E-state index >= 15 is 0 Å². The minimum atomic E-state index is -0.452. The third kappa shape index (κ3) is 5.93. The molecule has 2 N–H and O–H groups in total. The molecule has 0 atom stereocenters. The summed E-state index contributed by atoms with van der Waals surface area (Å²) in [4.78, 5) is 35.0. The molecular formula is C18H17ClN2O4. The highest BCUT2D eigenvalue weighted by Crippen LogP contribution is 2.11. The average molecular weight is 361 g/mol. The first-order valence-corrected chi connectivity index (χ1v) is 7.85.